The number of likely N-dealkylation sites (N-methyl/N-ethyl adjacent to an activating group) is 2. The minimum absolute atomic E-state index is 0.0375. The third-order valence-electron chi connectivity index (χ3n) is 14.3. The van der Waals surface area contributed by atoms with Crippen molar-refractivity contribution in [3.05, 3.63) is 199 Å². The van der Waals surface area contributed by atoms with Gasteiger partial charge in [0, 0.05) is 77.4 Å². The van der Waals surface area contributed by atoms with Crippen LogP contribution in [0.1, 0.15) is 135 Å². The van der Waals surface area contributed by atoms with E-state index in [0.717, 1.165) is 71.4 Å². The normalized spacial score (nSPS) is 12.2. The number of esters is 1. The number of unbranched alkanes of at least 4 members (excludes halogenated alkanes) is 2. The smallest absolute Gasteiger partial charge is 0.449 e. The van der Waals surface area contributed by atoms with Gasteiger partial charge < -0.3 is 33.6 Å². The van der Waals surface area contributed by atoms with E-state index in [2.05, 4.69) is 41.1 Å². The highest BCUT2D eigenvalue weighted by Gasteiger charge is 2.39. The third-order valence-corrected chi connectivity index (χ3v) is 15.3. The molecule has 2 atom stereocenters. The highest BCUT2D eigenvalue weighted by atomic mass is 35.5. The molecule has 0 aromatic heterocycles. The van der Waals surface area contributed by atoms with E-state index in [1.807, 2.05) is 104 Å². The molecule has 0 aliphatic heterocycles. The van der Waals surface area contributed by atoms with Crippen LogP contribution >= 0.6 is 46.4 Å². The number of carbonyl (C=O) groups is 4. The van der Waals surface area contributed by atoms with Gasteiger partial charge in [-0.15, -0.1) is 0 Å². The summed E-state index contributed by atoms with van der Waals surface area (Å²) in [6, 6.07) is 46.4. The second kappa shape index (κ2) is 34.8. The number of rotatable bonds is 32. The van der Waals surface area contributed by atoms with Crippen molar-refractivity contribution in [3.8, 4) is 11.5 Å². The molecule has 440 valence electrons. The van der Waals surface area contributed by atoms with Crippen molar-refractivity contribution in [2.75, 3.05) is 60.6 Å². The highest BCUT2D eigenvalue weighted by molar-refractivity contribution is 6.31. The molecule has 0 N–H and O–H groups in total. The van der Waals surface area contributed by atoms with Crippen molar-refractivity contribution < 1.29 is 46.6 Å². The van der Waals surface area contributed by atoms with E-state index in [4.69, 9.17) is 60.6 Å². The fourth-order valence-corrected chi connectivity index (χ4v) is 10.1. The molecule has 16 heteroatoms. The van der Waals surface area contributed by atoms with Crippen molar-refractivity contribution in [3.63, 3.8) is 0 Å². The second-order valence-electron chi connectivity index (χ2n) is 20.9. The summed E-state index contributed by atoms with van der Waals surface area (Å²) in [4.78, 5) is 50.6. The van der Waals surface area contributed by atoms with E-state index in [1.54, 1.807) is 31.2 Å². The van der Waals surface area contributed by atoms with Crippen LogP contribution < -0.4 is 9.47 Å². The van der Waals surface area contributed by atoms with Crippen LogP contribution in [0.25, 0.3) is 0 Å². The molecule has 0 amide bonds. The lowest BCUT2D eigenvalue weighted by atomic mass is 9.88. The lowest BCUT2D eigenvalue weighted by Crippen LogP contribution is -2.29. The quantitative estimate of drug-likeness (QED) is 0.0302. The van der Waals surface area contributed by atoms with E-state index in [-0.39, 0.29) is 35.3 Å². The van der Waals surface area contributed by atoms with Gasteiger partial charge in [-0.1, -0.05) is 132 Å². The van der Waals surface area contributed by atoms with Gasteiger partial charge in [0.2, 0.25) is 5.78 Å². The maximum Gasteiger partial charge on any atom is 0.449 e. The number of ketones is 3. The number of hydrogen-bond donors (Lipinski definition) is 0. The fraction of sp³-hybridized carbons (Fsp3) is 0.394. The van der Waals surface area contributed by atoms with E-state index in [9.17, 15) is 32.3 Å². The van der Waals surface area contributed by atoms with Gasteiger partial charge in [0.15, 0.2) is 0 Å². The van der Waals surface area contributed by atoms with Crippen LogP contribution in [0, 0.1) is 0 Å². The Bertz CT molecular complexity index is 2780. The van der Waals surface area contributed by atoms with Crippen molar-refractivity contribution in [1.82, 2.24) is 9.80 Å². The maximum atomic E-state index is 13.0. The zero-order chi connectivity index (χ0) is 59.6. The Hall–Kier alpha value is -5.73. The minimum atomic E-state index is -4.87. The predicted molar refractivity (Wildman–Crippen MR) is 324 cm³/mol. The first-order valence-electron chi connectivity index (χ1n) is 27.7. The number of hydrogen-bond acceptors (Lipinski definition) is 9. The summed E-state index contributed by atoms with van der Waals surface area (Å²) in [6.07, 6.45) is -0.123. The minimum Gasteiger partial charge on any atom is -0.492 e. The molecular weight excluding hydrogens is 1130 g/mol. The molecule has 9 nitrogen and oxygen atoms in total. The molecule has 0 bridgehead atoms. The van der Waals surface area contributed by atoms with Crippen molar-refractivity contribution in [2.24, 2.45) is 0 Å². The molecule has 0 saturated carbocycles. The van der Waals surface area contributed by atoms with Gasteiger partial charge in [-0.25, -0.2) is 0 Å². The maximum absolute atomic E-state index is 13.0. The van der Waals surface area contributed by atoms with Crippen LogP contribution in [-0.2, 0) is 23.9 Å². The third kappa shape index (κ3) is 24.2. The predicted octanol–water partition coefficient (Wildman–Crippen LogP) is 16.8. The Morgan fingerprint density at radius 2 is 0.768 bits per heavy atom. The van der Waals surface area contributed by atoms with E-state index >= 15 is 0 Å². The van der Waals surface area contributed by atoms with Gasteiger partial charge in [-0.05, 0) is 172 Å². The van der Waals surface area contributed by atoms with E-state index in [1.165, 1.54) is 25.2 Å². The number of nitrogens with zero attached hydrogens (tertiary/aromatic N) is 2. The molecule has 2 unspecified atom stereocenters. The van der Waals surface area contributed by atoms with Crippen molar-refractivity contribution in [2.45, 2.75) is 108 Å². The number of carbonyl (C=O) groups excluding carboxylic acids is 4. The first kappa shape index (κ1) is 67.1. The number of methoxy groups -OCH3 is 1. The standard InChI is InChI=1S/C33H36Cl2F3NO3.C33H39Cl2NO4/c1-23(40)5-3-4-6-27(21-32(41)33(36,37)38)24-11-17-30(18-12-24)42-20-19-39(2)22-31(25-7-13-28(34)14-8-25)26-9-15-29(35)16-10-26;1-24(37)6-4-5-7-28(22-33(38)39-3)25-12-18-31(19-13-25)40-21-20-36(2)23-32(26-8-14-29(34)15-9-26)27-10-16-30(35)17-11-27/h7-18,27,31H,3-6,19-22H2,1-2H3;8-19,28,32H,4-7,20-23H2,1-3H3. The van der Waals surface area contributed by atoms with Crippen molar-refractivity contribution in [1.29, 1.82) is 0 Å². The number of alkyl halides is 3. The molecule has 6 rings (SSSR count). The number of ether oxygens (including phenoxy) is 3. The summed E-state index contributed by atoms with van der Waals surface area (Å²) in [5, 5.41) is 2.78. The first-order chi connectivity index (χ1) is 39.2. The Morgan fingerprint density at radius 1 is 0.463 bits per heavy atom. The zero-order valence-electron chi connectivity index (χ0n) is 47.4. The molecule has 6 aromatic rings. The Labute approximate surface area is 502 Å². The van der Waals surface area contributed by atoms with Gasteiger partial charge in [0.05, 0.1) is 13.5 Å². The van der Waals surface area contributed by atoms with Crippen LogP contribution in [0.15, 0.2) is 146 Å². The average Bonchev–Trinajstić information content (AvgIpc) is 3.45. The average molecular weight is 1210 g/mol. The lowest BCUT2D eigenvalue weighted by Gasteiger charge is -2.25. The van der Waals surface area contributed by atoms with E-state index < -0.39 is 24.3 Å². The summed E-state index contributed by atoms with van der Waals surface area (Å²) in [5.74, 6) is -0.613. The molecule has 0 saturated heterocycles. The van der Waals surface area contributed by atoms with Gasteiger partial charge in [-0.2, -0.15) is 13.2 Å². The van der Waals surface area contributed by atoms with Crippen LogP contribution in [0.3, 0.4) is 0 Å². The second-order valence-corrected chi connectivity index (χ2v) is 22.6. The van der Waals surface area contributed by atoms with Crippen LogP contribution in [0.4, 0.5) is 13.2 Å². The number of Topliss-reactive ketones (excluding diaryl/α,β-unsaturated/α-hetero) is 3. The molecule has 0 fully saturated rings. The topological polar surface area (TPSA) is 102 Å². The summed E-state index contributed by atoms with van der Waals surface area (Å²) in [7, 11) is 5.52. The van der Waals surface area contributed by atoms with Crippen LogP contribution in [0.5, 0.6) is 11.5 Å². The SMILES string of the molecule is CC(=O)CCCCC(CC(=O)C(F)(F)F)c1ccc(OCCN(C)CC(c2ccc(Cl)cc2)c2ccc(Cl)cc2)cc1.COC(=O)CC(CCCCC(C)=O)c1ccc(OCCN(C)CC(c2ccc(Cl)cc2)c2ccc(Cl)cc2)cc1. The van der Waals surface area contributed by atoms with Crippen LogP contribution in [0.2, 0.25) is 20.1 Å². The Kier molecular flexibility index (Phi) is 28.4. The molecule has 0 spiro atoms. The summed E-state index contributed by atoms with van der Waals surface area (Å²) in [5.41, 5.74) is 6.37. The summed E-state index contributed by atoms with van der Waals surface area (Å²) in [6.45, 7) is 6.97. The number of halogens is 7. The van der Waals surface area contributed by atoms with Gasteiger partial charge >= 0.3 is 12.1 Å². The first-order valence-corrected chi connectivity index (χ1v) is 29.2. The molecular formula is C66H75Cl4F3N2O7. The zero-order valence-corrected chi connectivity index (χ0v) is 50.4. The summed E-state index contributed by atoms with van der Waals surface area (Å²) >= 11 is 24.5. The van der Waals surface area contributed by atoms with Gasteiger partial charge in [0.25, 0.3) is 0 Å². The van der Waals surface area contributed by atoms with Gasteiger partial charge in [0.1, 0.15) is 36.3 Å². The molecule has 0 radical (unpaired) electrons. The van der Waals surface area contributed by atoms with Crippen molar-refractivity contribution >= 4 is 69.7 Å². The van der Waals surface area contributed by atoms with Gasteiger partial charge in [-0.3, -0.25) is 9.59 Å². The molecule has 0 heterocycles. The van der Waals surface area contributed by atoms with Crippen LogP contribution in [-0.4, -0.2) is 99.9 Å². The molecule has 6 aromatic carbocycles. The van der Waals surface area contributed by atoms with E-state index in [0.29, 0.717) is 79.6 Å². The largest absolute Gasteiger partial charge is 0.492 e. The summed E-state index contributed by atoms with van der Waals surface area (Å²) < 4.78 is 55.8. The highest BCUT2D eigenvalue weighted by Crippen LogP contribution is 2.34. The molecule has 82 heavy (non-hydrogen) atoms. The number of benzene rings is 6. The molecule has 0 aliphatic carbocycles. The monoisotopic (exact) mass is 1200 g/mol. The molecule has 0 aliphatic rings. The Balaban J connectivity index is 0.000000301. The fourth-order valence-electron chi connectivity index (χ4n) is 9.63. The lowest BCUT2D eigenvalue weighted by molar-refractivity contribution is -0.171. The Morgan fingerprint density at radius 3 is 1.06 bits per heavy atom.